The molecule has 0 radical (unpaired) electrons. The molecule has 0 unspecified atom stereocenters. The molecule has 1 aromatic heterocycles. The number of aryl methyl sites for hydroxylation is 1. The summed E-state index contributed by atoms with van der Waals surface area (Å²) in [5.74, 6) is -0.337. The molecule has 1 amide bonds. The first-order valence-electron chi connectivity index (χ1n) is 7.29. The highest BCUT2D eigenvalue weighted by molar-refractivity contribution is 6.30. The van der Waals surface area contributed by atoms with E-state index in [4.69, 9.17) is 11.6 Å². The lowest BCUT2D eigenvalue weighted by molar-refractivity contribution is 0.0821. The molecule has 0 atom stereocenters. The molecule has 1 aliphatic rings. The van der Waals surface area contributed by atoms with Gasteiger partial charge in [0.15, 0.2) is 0 Å². The van der Waals surface area contributed by atoms with Gasteiger partial charge >= 0.3 is 0 Å². The Kier molecular flexibility index (Phi) is 3.79. The van der Waals surface area contributed by atoms with Crippen LogP contribution in [0, 0.1) is 6.92 Å². The molecular weight excluding hydrogens is 300 g/mol. The number of hydrogen-bond acceptors (Lipinski definition) is 2. The van der Waals surface area contributed by atoms with E-state index in [-0.39, 0.29) is 22.6 Å². The molecule has 1 aromatic carbocycles. The maximum absolute atomic E-state index is 12.5. The molecule has 0 aliphatic heterocycles. The third-order valence-corrected chi connectivity index (χ3v) is 4.51. The number of aromatic amines is 1. The predicted octanol–water partition coefficient (Wildman–Crippen LogP) is 3.15. The lowest BCUT2D eigenvalue weighted by Crippen LogP contribution is -2.51. The van der Waals surface area contributed by atoms with Gasteiger partial charge in [-0.1, -0.05) is 23.7 Å². The van der Waals surface area contributed by atoms with Gasteiger partial charge in [0.25, 0.3) is 11.5 Å². The molecule has 2 N–H and O–H groups in total. The Morgan fingerprint density at radius 2 is 1.86 bits per heavy atom. The summed E-state index contributed by atoms with van der Waals surface area (Å²) in [5, 5.41) is 3.71. The first-order valence-corrected chi connectivity index (χ1v) is 7.66. The monoisotopic (exact) mass is 316 g/mol. The van der Waals surface area contributed by atoms with Crippen LogP contribution in [-0.4, -0.2) is 10.9 Å². The number of H-pyrrole nitrogens is 1. The Morgan fingerprint density at radius 1 is 1.18 bits per heavy atom. The summed E-state index contributed by atoms with van der Waals surface area (Å²) in [6.45, 7) is 1.78. The van der Waals surface area contributed by atoms with Gasteiger partial charge in [0.1, 0.15) is 5.56 Å². The van der Waals surface area contributed by atoms with Crippen LogP contribution in [0.1, 0.15) is 40.9 Å². The molecule has 5 heteroatoms. The molecule has 114 valence electrons. The highest BCUT2D eigenvalue weighted by atomic mass is 35.5. The van der Waals surface area contributed by atoms with Crippen LogP contribution in [-0.2, 0) is 5.54 Å². The van der Waals surface area contributed by atoms with E-state index in [0.717, 1.165) is 30.5 Å². The Bertz CT molecular complexity index is 761. The van der Waals surface area contributed by atoms with Crippen molar-refractivity contribution in [2.24, 2.45) is 0 Å². The van der Waals surface area contributed by atoms with Crippen LogP contribution in [0.4, 0.5) is 0 Å². The van der Waals surface area contributed by atoms with Gasteiger partial charge in [-0.05, 0) is 56.0 Å². The normalized spacial score (nSPS) is 15.9. The van der Waals surface area contributed by atoms with E-state index in [1.807, 2.05) is 24.3 Å². The Labute approximate surface area is 133 Å². The van der Waals surface area contributed by atoms with Crippen molar-refractivity contribution in [2.45, 2.75) is 31.7 Å². The number of halogens is 1. The maximum atomic E-state index is 12.5. The summed E-state index contributed by atoms with van der Waals surface area (Å²) in [6, 6.07) is 10.8. The van der Waals surface area contributed by atoms with Crippen molar-refractivity contribution in [2.75, 3.05) is 0 Å². The van der Waals surface area contributed by atoms with Gasteiger partial charge in [-0.25, -0.2) is 0 Å². The smallest absolute Gasteiger partial charge is 0.260 e. The van der Waals surface area contributed by atoms with E-state index in [9.17, 15) is 9.59 Å². The number of benzene rings is 1. The van der Waals surface area contributed by atoms with Crippen LogP contribution in [0.15, 0.2) is 41.2 Å². The van der Waals surface area contributed by atoms with Crippen LogP contribution in [0.25, 0.3) is 0 Å². The third kappa shape index (κ3) is 2.66. The summed E-state index contributed by atoms with van der Waals surface area (Å²) < 4.78 is 0. The predicted molar refractivity (Wildman–Crippen MR) is 86.2 cm³/mol. The van der Waals surface area contributed by atoms with Crippen molar-refractivity contribution in [3.8, 4) is 0 Å². The summed E-state index contributed by atoms with van der Waals surface area (Å²) in [4.78, 5) is 27.0. The van der Waals surface area contributed by atoms with E-state index in [0.29, 0.717) is 5.02 Å². The first kappa shape index (κ1) is 14.9. The van der Waals surface area contributed by atoms with Crippen molar-refractivity contribution < 1.29 is 4.79 Å². The molecule has 1 aliphatic carbocycles. The second-order valence-corrected chi connectivity index (χ2v) is 6.22. The lowest BCUT2D eigenvalue weighted by atomic mass is 9.71. The minimum Gasteiger partial charge on any atom is -0.342 e. The van der Waals surface area contributed by atoms with Crippen molar-refractivity contribution in [1.29, 1.82) is 0 Å². The fourth-order valence-corrected chi connectivity index (χ4v) is 2.95. The molecule has 22 heavy (non-hydrogen) atoms. The van der Waals surface area contributed by atoms with E-state index in [2.05, 4.69) is 10.3 Å². The molecule has 2 aromatic rings. The molecule has 1 heterocycles. The number of nitrogens with one attached hydrogen (secondary N) is 2. The molecule has 1 saturated carbocycles. The standard InChI is InChI=1S/C17H17ClN2O2/c1-11-3-8-14(15(21)19-11)16(22)20-17(9-2-10-17)12-4-6-13(18)7-5-12/h3-8H,2,9-10H2,1H3,(H,19,21)(H,20,22). The number of carbonyl (C=O) groups is 1. The Hall–Kier alpha value is -2.07. The Morgan fingerprint density at radius 3 is 2.41 bits per heavy atom. The van der Waals surface area contributed by atoms with Crippen LogP contribution in [0.3, 0.4) is 0 Å². The number of hydrogen-bond donors (Lipinski definition) is 2. The van der Waals surface area contributed by atoms with Crippen LogP contribution in [0.5, 0.6) is 0 Å². The summed E-state index contributed by atoms with van der Waals surface area (Å²) in [6.07, 6.45) is 2.78. The molecule has 0 spiro atoms. The van der Waals surface area contributed by atoms with Crippen molar-refractivity contribution in [3.63, 3.8) is 0 Å². The zero-order chi connectivity index (χ0) is 15.7. The van der Waals surface area contributed by atoms with Crippen LogP contribution >= 0.6 is 11.6 Å². The van der Waals surface area contributed by atoms with Crippen LogP contribution in [0.2, 0.25) is 5.02 Å². The summed E-state index contributed by atoms with van der Waals surface area (Å²) in [7, 11) is 0. The van der Waals surface area contributed by atoms with Gasteiger partial charge in [0, 0.05) is 10.7 Å². The van der Waals surface area contributed by atoms with Crippen LogP contribution < -0.4 is 10.9 Å². The fraction of sp³-hybridized carbons (Fsp3) is 0.294. The van der Waals surface area contributed by atoms with Gasteiger partial charge in [-0.2, -0.15) is 0 Å². The second-order valence-electron chi connectivity index (χ2n) is 5.78. The van der Waals surface area contributed by atoms with Gasteiger partial charge in [-0.15, -0.1) is 0 Å². The molecule has 4 nitrogen and oxygen atoms in total. The Balaban J connectivity index is 1.88. The largest absolute Gasteiger partial charge is 0.342 e. The van der Waals surface area contributed by atoms with Gasteiger partial charge in [0.2, 0.25) is 0 Å². The highest BCUT2D eigenvalue weighted by Crippen LogP contribution is 2.41. The average molecular weight is 317 g/mol. The van der Waals surface area contributed by atoms with E-state index < -0.39 is 0 Å². The zero-order valence-corrected chi connectivity index (χ0v) is 13.0. The fourth-order valence-electron chi connectivity index (χ4n) is 2.82. The first-order chi connectivity index (χ1) is 10.5. The van der Waals surface area contributed by atoms with E-state index in [1.165, 1.54) is 0 Å². The second kappa shape index (κ2) is 5.61. The lowest BCUT2D eigenvalue weighted by Gasteiger charge is -2.43. The van der Waals surface area contributed by atoms with Gasteiger partial charge in [0.05, 0.1) is 5.54 Å². The summed E-state index contributed by atoms with van der Waals surface area (Å²) >= 11 is 5.93. The highest BCUT2D eigenvalue weighted by Gasteiger charge is 2.40. The average Bonchev–Trinajstić information content (AvgIpc) is 2.43. The van der Waals surface area contributed by atoms with Crippen molar-refractivity contribution in [1.82, 2.24) is 10.3 Å². The van der Waals surface area contributed by atoms with Crippen molar-refractivity contribution in [3.05, 3.63) is 68.6 Å². The van der Waals surface area contributed by atoms with E-state index >= 15 is 0 Å². The summed E-state index contributed by atoms with van der Waals surface area (Å²) in [5.41, 5.74) is 1.16. The quantitative estimate of drug-likeness (QED) is 0.913. The number of amides is 1. The zero-order valence-electron chi connectivity index (χ0n) is 12.3. The van der Waals surface area contributed by atoms with Gasteiger partial charge < -0.3 is 10.3 Å². The SMILES string of the molecule is Cc1ccc(C(=O)NC2(c3ccc(Cl)cc3)CCC2)c(=O)[nH]1. The number of rotatable bonds is 3. The molecule has 1 fully saturated rings. The molecule has 3 rings (SSSR count). The molecule has 0 bridgehead atoms. The molecule has 0 saturated heterocycles. The number of pyridine rings is 1. The van der Waals surface area contributed by atoms with Crippen molar-refractivity contribution >= 4 is 17.5 Å². The maximum Gasteiger partial charge on any atom is 0.260 e. The third-order valence-electron chi connectivity index (χ3n) is 4.26. The topological polar surface area (TPSA) is 62.0 Å². The van der Waals surface area contributed by atoms with Gasteiger partial charge in [-0.3, -0.25) is 9.59 Å². The number of aromatic nitrogens is 1. The minimum absolute atomic E-state index is 0.144. The number of carbonyl (C=O) groups excluding carboxylic acids is 1. The minimum atomic E-state index is -0.390. The van der Waals surface area contributed by atoms with E-state index in [1.54, 1.807) is 19.1 Å². The molecular formula is C17H17ClN2O2.